The number of H-pyrrole nitrogens is 1. The van der Waals surface area contributed by atoms with Gasteiger partial charge in [0.1, 0.15) is 11.6 Å². The average Bonchev–Trinajstić information content (AvgIpc) is 2.78. The van der Waals surface area contributed by atoms with Gasteiger partial charge in [0.2, 0.25) is 0 Å². The van der Waals surface area contributed by atoms with E-state index in [1.165, 1.54) is 12.1 Å². The lowest BCUT2D eigenvalue weighted by molar-refractivity contribution is 0.423. The minimum absolute atomic E-state index is 0.351. The van der Waals surface area contributed by atoms with Gasteiger partial charge < -0.3 is 10.7 Å². The van der Waals surface area contributed by atoms with E-state index >= 15 is 0 Å². The molecule has 2 aromatic rings. The van der Waals surface area contributed by atoms with Crippen LogP contribution in [0.4, 0.5) is 4.39 Å². The molecule has 3 N–H and O–H groups in total. The Balaban J connectivity index is 2.35. The van der Waals surface area contributed by atoms with Crippen LogP contribution in [-0.4, -0.2) is 9.97 Å². The number of nitrogens with one attached hydrogen (secondary N) is 1. The number of rotatable bonds is 4. The van der Waals surface area contributed by atoms with Crippen molar-refractivity contribution in [1.29, 1.82) is 0 Å². The minimum atomic E-state index is -0.500. The summed E-state index contributed by atoms with van der Waals surface area (Å²) < 4.78 is 13.0. The molecule has 1 aromatic heterocycles. The number of nitrogens with zero attached hydrogens (tertiary/aromatic N) is 1. The van der Waals surface area contributed by atoms with Crippen molar-refractivity contribution in [3.05, 3.63) is 41.1 Å². The van der Waals surface area contributed by atoms with Crippen LogP contribution in [0.3, 0.4) is 0 Å². The molecule has 0 amide bonds. The van der Waals surface area contributed by atoms with E-state index in [4.69, 9.17) is 17.3 Å². The number of halogens is 2. The predicted molar refractivity (Wildman–Crippen MR) is 75.4 cm³/mol. The molecule has 102 valence electrons. The highest BCUT2D eigenvalue weighted by molar-refractivity contribution is 6.33. The van der Waals surface area contributed by atoms with Gasteiger partial charge >= 0.3 is 0 Å². The molecule has 0 fully saturated rings. The second kappa shape index (κ2) is 5.31. The number of hydrogen-bond donors (Lipinski definition) is 2. The molecular weight excluding hydrogens is 265 g/mol. The van der Waals surface area contributed by atoms with Crippen LogP contribution in [0.2, 0.25) is 5.02 Å². The lowest BCUT2D eigenvalue weighted by Gasteiger charge is -2.21. The normalized spacial score (nSPS) is 14.4. The molecule has 19 heavy (non-hydrogen) atoms. The van der Waals surface area contributed by atoms with Gasteiger partial charge in [0.15, 0.2) is 0 Å². The highest BCUT2D eigenvalue weighted by Crippen LogP contribution is 2.29. The van der Waals surface area contributed by atoms with Gasteiger partial charge in [0.25, 0.3) is 0 Å². The molecular formula is C14H17ClFN3. The maximum Gasteiger partial charge on any atom is 0.126 e. The number of benzene rings is 1. The summed E-state index contributed by atoms with van der Waals surface area (Å²) in [6.07, 6.45) is 3.48. The van der Waals surface area contributed by atoms with Crippen molar-refractivity contribution in [2.24, 2.45) is 5.73 Å². The molecule has 1 heterocycles. The second-order valence-corrected chi connectivity index (χ2v) is 5.34. The van der Waals surface area contributed by atoms with E-state index in [0.717, 1.165) is 18.5 Å². The number of aromatic amines is 1. The van der Waals surface area contributed by atoms with Crippen LogP contribution >= 0.6 is 11.6 Å². The van der Waals surface area contributed by atoms with Crippen molar-refractivity contribution in [2.75, 3.05) is 0 Å². The molecule has 1 unspecified atom stereocenters. The molecule has 0 spiro atoms. The Labute approximate surface area is 117 Å². The zero-order chi connectivity index (χ0) is 14.0. The average molecular weight is 282 g/mol. The first kappa shape index (κ1) is 14.0. The van der Waals surface area contributed by atoms with Gasteiger partial charge in [0, 0.05) is 5.56 Å². The summed E-state index contributed by atoms with van der Waals surface area (Å²) in [5.74, 6) is 0.355. The van der Waals surface area contributed by atoms with Crippen LogP contribution < -0.4 is 5.73 Å². The molecule has 0 aliphatic rings. The van der Waals surface area contributed by atoms with Gasteiger partial charge in [-0.1, -0.05) is 24.9 Å². The van der Waals surface area contributed by atoms with Crippen LogP contribution in [0, 0.1) is 5.82 Å². The first-order valence-electron chi connectivity index (χ1n) is 6.24. The summed E-state index contributed by atoms with van der Waals surface area (Å²) in [6.45, 7) is 4.01. The van der Waals surface area contributed by atoms with E-state index < -0.39 is 5.54 Å². The van der Waals surface area contributed by atoms with Gasteiger partial charge in [-0.3, -0.25) is 0 Å². The van der Waals surface area contributed by atoms with Crippen LogP contribution in [-0.2, 0) is 5.54 Å². The molecule has 3 nitrogen and oxygen atoms in total. The van der Waals surface area contributed by atoms with Crippen molar-refractivity contribution in [3.63, 3.8) is 0 Å². The molecule has 0 bridgehead atoms. The van der Waals surface area contributed by atoms with Gasteiger partial charge in [-0.2, -0.15) is 0 Å². The van der Waals surface area contributed by atoms with Gasteiger partial charge in [-0.15, -0.1) is 0 Å². The third-order valence-electron chi connectivity index (χ3n) is 3.11. The van der Waals surface area contributed by atoms with Gasteiger partial charge in [-0.25, -0.2) is 9.37 Å². The van der Waals surface area contributed by atoms with E-state index in [0.29, 0.717) is 16.4 Å². The van der Waals surface area contributed by atoms with Crippen molar-refractivity contribution in [2.45, 2.75) is 32.2 Å². The van der Waals surface area contributed by atoms with Crippen molar-refractivity contribution < 1.29 is 4.39 Å². The highest BCUT2D eigenvalue weighted by atomic mass is 35.5. The monoisotopic (exact) mass is 281 g/mol. The topological polar surface area (TPSA) is 54.7 Å². The lowest BCUT2D eigenvalue weighted by Crippen LogP contribution is -2.34. The Kier molecular flexibility index (Phi) is 3.92. The molecule has 1 atom stereocenters. The summed E-state index contributed by atoms with van der Waals surface area (Å²) in [5, 5.41) is 0.351. The van der Waals surface area contributed by atoms with E-state index in [1.54, 1.807) is 12.3 Å². The molecule has 5 heteroatoms. The number of nitrogens with two attached hydrogens (primary N) is 1. The fourth-order valence-electron chi connectivity index (χ4n) is 2.09. The van der Waals surface area contributed by atoms with Crippen LogP contribution in [0.15, 0.2) is 24.4 Å². The smallest absolute Gasteiger partial charge is 0.126 e. The summed E-state index contributed by atoms with van der Waals surface area (Å²) in [6, 6.07) is 4.28. The van der Waals surface area contributed by atoms with E-state index in [2.05, 4.69) is 16.9 Å². The third kappa shape index (κ3) is 2.96. The predicted octanol–water partition coefficient (Wildman–Crippen LogP) is 3.84. The van der Waals surface area contributed by atoms with E-state index in [-0.39, 0.29) is 5.82 Å². The Morgan fingerprint density at radius 2 is 2.21 bits per heavy atom. The van der Waals surface area contributed by atoms with Gasteiger partial charge in [-0.05, 0) is 31.5 Å². The standard InChI is InChI=1S/C14H17ClFN3/c1-3-6-14(2,17)13-18-8-12(19-13)10-5-4-9(16)7-11(10)15/h4-5,7-8H,3,6,17H2,1-2H3,(H,18,19). The first-order valence-corrected chi connectivity index (χ1v) is 6.61. The molecule has 2 rings (SSSR count). The largest absolute Gasteiger partial charge is 0.340 e. The lowest BCUT2D eigenvalue weighted by atomic mass is 9.97. The molecule has 0 aliphatic carbocycles. The molecule has 0 radical (unpaired) electrons. The summed E-state index contributed by atoms with van der Waals surface area (Å²) >= 11 is 6.03. The highest BCUT2D eigenvalue weighted by Gasteiger charge is 2.24. The Morgan fingerprint density at radius 3 is 2.84 bits per heavy atom. The van der Waals surface area contributed by atoms with Crippen LogP contribution in [0.1, 0.15) is 32.5 Å². The maximum absolute atomic E-state index is 13.0. The zero-order valence-corrected chi connectivity index (χ0v) is 11.8. The SMILES string of the molecule is CCCC(C)(N)c1ncc(-c2ccc(F)cc2Cl)[nH]1. The maximum atomic E-state index is 13.0. The third-order valence-corrected chi connectivity index (χ3v) is 3.42. The van der Waals surface area contributed by atoms with Crippen molar-refractivity contribution in [3.8, 4) is 11.3 Å². The van der Waals surface area contributed by atoms with E-state index in [9.17, 15) is 4.39 Å². The van der Waals surface area contributed by atoms with Crippen molar-refractivity contribution >= 4 is 11.6 Å². The number of aromatic nitrogens is 2. The second-order valence-electron chi connectivity index (χ2n) is 4.94. The summed E-state index contributed by atoms with van der Waals surface area (Å²) in [7, 11) is 0. The zero-order valence-electron chi connectivity index (χ0n) is 11.0. The Bertz CT molecular complexity index is 578. The summed E-state index contributed by atoms with van der Waals surface area (Å²) in [4.78, 5) is 7.49. The first-order chi connectivity index (χ1) is 8.94. The molecule has 0 saturated carbocycles. The minimum Gasteiger partial charge on any atom is -0.340 e. The Morgan fingerprint density at radius 1 is 1.47 bits per heavy atom. The fraction of sp³-hybridized carbons (Fsp3) is 0.357. The summed E-state index contributed by atoms with van der Waals surface area (Å²) in [5.41, 5.74) is 7.18. The molecule has 0 saturated heterocycles. The molecule has 0 aliphatic heterocycles. The number of imidazole rings is 1. The number of hydrogen-bond acceptors (Lipinski definition) is 2. The Hall–Kier alpha value is -1.39. The molecule has 1 aromatic carbocycles. The van der Waals surface area contributed by atoms with Crippen LogP contribution in [0.5, 0.6) is 0 Å². The van der Waals surface area contributed by atoms with Crippen molar-refractivity contribution in [1.82, 2.24) is 9.97 Å². The van der Waals surface area contributed by atoms with E-state index in [1.807, 2.05) is 6.92 Å². The van der Waals surface area contributed by atoms with Crippen LogP contribution in [0.25, 0.3) is 11.3 Å². The quantitative estimate of drug-likeness (QED) is 0.894. The van der Waals surface area contributed by atoms with Gasteiger partial charge in [0.05, 0.1) is 22.5 Å². The fourth-order valence-corrected chi connectivity index (χ4v) is 2.36.